The van der Waals surface area contributed by atoms with E-state index < -0.39 is 0 Å². The van der Waals surface area contributed by atoms with Crippen LogP contribution in [0, 0.1) is 6.92 Å². The van der Waals surface area contributed by atoms with Gasteiger partial charge in [-0.2, -0.15) is 0 Å². The Morgan fingerprint density at radius 2 is 1.70 bits per heavy atom. The lowest BCUT2D eigenvalue weighted by molar-refractivity contribution is 0.296. The van der Waals surface area contributed by atoms with Gasteiger partial charge in [0, 0.05) is 14.9 Å². The van der Waals surface area contributed by atoms with Crippen LogP contribution in [0.15, 0.2) is 48.5 Å². The fourth-order valence-corrected chi connectivity index (χ4v) is 6.39. The molecule has 2 rings (SSSR count). The van der Waals surface area contributed by atoms with Crippen molar-refractivity contribution in [2.75, 3.05) is 4.17 Å². The van der Waals surface area contributed by atoms with Crippen molar-refractivity contribution in [1.82, 2.24) is 0 Å². The zero-order chi connectivity index (χ0) is 16.7. The molecular weight excluding hydrogens is 414 g/mol. The van der Waals surface area contributed by atoms with E-state index in [1.807, 2.05) is 6.07 Å². The molecule has 0 aliphatic heterocycles. The van der Waals surface area contributed by atoms with Crippen molar-refractivity contribution in [2.45, 2.75) is 45.4 Å². The summed E-state index contributed by atoms with van der Waals surface area (Å²) in [5.41, 5.74) is 3.85. The number of hydrogen-bond acceptors (Lipinski definition) is 1. The summed E-state index contributed by atoms with van der Waals surface area (Å²) in [6.07, 6.45) is 2.33. The molecule has 0 bridgehead atoms. The summed E-state index contributed by atoms with van der Waals surface area (Å²) >= 11 is 2.51. The van der Waals surface area contributed by atoms with E-state index in [2.05, 4.69) is 85.8 Å². The van der Waals surface area contributed by atoms with Gasteiger partial charge in [0.25, 0.3) is 0 Å². The Kier molecular flexibility index (Phi) is 7.36. The first-order valence-electron chi connectivity index (χ1n) is 8.24. The minimum absolute atomic E-state index is 0.249. The van der Waals surface area contributed by atoms with Gasteiger partial charge in [-0.25, -0.2) is 0 Å². The van der Waals surface area contributed by atoms with Gasteiger partial charge in [-0.15, -0.1) is 8.58 Å². The summed E-state index contributed by atoms with van der Waals surface area (Å²) in [4.78, 5) is 0. The first kappa shape index (κ1) is 18.7. The molecule has 1 atom stereocenters. The Bertz CT molecular complexity index is 608. The molecule has 2 aromatic carbocycles. The van der Waals surface area contributed by atoms with Crippen molar-refractivity contribution in [1.29, 1.82) is 0 Å². The van der Waals surface area contributed by atoms with Crippen LogP contribution in [0.5, 0.6) is 5.75 Å². The van der Waals surface area contributed by atoms with Gasteiger partial charge in [-0.1, -0.05) is 85.0 Å². The fraction of sp³-hybridized carbons (Fsp3) is 0.400. The van der Waals surface area contributed by atoms with E-state index in [9.17, 15) is 0 Å². The summed E-state index contributed by atoms with van der Waals surface area (Å²) < 4.78 is 7.51. The first-order chi connectivity index (χ1) is 11.2. The Morgan fingerprint density at radius 1 is 1.00 bits per heavy atom. The third-order valence-electron chi connectivity index (χ3n) is 4.57. The molecular formula is C20H26IOP. The van der Waals surface area contributed by atoms with Crippen molar-refractivity contribution in [3.63, 3.8) is 0 Å². The normalized spacial score (nSPS) is 12.0. The number of ether oxygens (including phenoxy) is 1. The first-order valence-corrected chi connectivity index (χ1v) is 11.0. The standard InChI is InChI=1S/C20H26IOP/c1-4-20(5-2,23-15-21)18-13-9-10-16(3)19(18)22-14-17-11-7-6-8-12-17/h6-13,23H,4-5,14-15H2,1-3H3. The smallest absolute Gasteiger partial charge is 0.126 e. The Balaban J connectivity index is 2.35. The second kappa shape index (κ2) is 9.03. The monoisotopic (exact) mass is 440 g/mol. The summed E-state index contributed by atoms with van der Waals surface area (Å²) in [5, 5.41) is 0.249. The zero-order valence-electron chi connectivity index (χ0n) is 14.2. The lowest BCUT2D eigenvalue weighted by atomic mass is 9.90. The van der Waals surface area contributed by atoms with Gasteiger partial charge in [-0.3, -0.25) is 0 Å². The highest BCUT2D eigenvalue weighted by Crippen LogP contribution is 2.51. The second-order valence-corrected chi connectivity index (χ2v) is 9.69. The van der Waals surface area contributed by atoms with E-state index >= 15 is 0 Å². The molecule has 0 heterocycles. The molecule has 3 heteroatoms. The molecule has 0 saturated heterocycles. The summed E-state index contributed by atoms with van der Waals surface area (Å²) in [5.74, 6) is 1.09. The topological polar surface area (TPSA) is 9.23 Å². The number of hydrogen-bond donors (Lipinski definition) is 0. The van der Waals surface area contributed by atoms with Crippen molar-refractivity contribution in [3.8, 4) is 5.75 Å². The van der Waals surface area contributed by atoms with Crippen LogP contribution in [0.3, 0.4) is 0 Å². The van der Waals surface area contributed by atoms with Crippen LogP contribution >= 0.6 is 31.2 Å². The minimum Gasteiger partial charge on any atom is -0.488 e. The van der Waals surface area contributed by atoms with Gasteiger partial charge in [0.2, 0.25) is 0 Å². The molecule has 2 aromatic rings. The number of halogens is 1. The van der Waals surface area contributed by atoms with Gasteiger partial charge < -0.3 is 4.74 Å². The van der Waals surface area contributed by atoms with Crippen LogP contribution in [0.2, 0.25) is 0 Å². The molecule has 0 aromatic heterocycles. The summed E-state index contributed by atoms with van der Waals surface area (Å²) in [6.45, 7) is 7.42. The van der Waals surface area contributed by atoms with E-state index in [1.54, 1.807) is 0 Å². The maximum Gasteiger partial charge on any atom is 0.126 e. The van der Waals surface area contributed by atoms with Gasteiger partial charge in [0.1, 0.15) is 12.4 Å². The zero-order valence-corrected chi connectivity index (χ0v) is 17.4. The predicted octanol–water partition coefficient (Wildman–Crippen LogP) is 6.66. The molecule has 0 amide bonds. The van der Waals surface area contributed by atoms with Crippen molar-refractivity contribution in [2.24, 2.45) is 0 Å². The van der Waals surface area contributed by atoms with Gasteiger partial charge >= 0.3 is 0 Å². The highest BCUT2D eigenvalue weighted by Gasteiger charge is 2.31. The second-order valence-electron chi connectivity index (χ2n) is 5.83. The molecule has 23 heavy (non-hydrogen) atoms. The molecule has 1 nitrogen and oxygen atoms in total. The molecule has 0 aliphatic carbocycles. The fourth-order valence-electron chi connectivity index (χ4n) is 3.05. The van der Waals surface area contributed by atoms with Crippen LogP contribution in [-0.4, -0.2) is 4.17 Å². The maximum atomic E-state index is 6.31. The van der Waals surface area contributed by atoms with Gasteiger partial charge in [0.15, 0.2) is 0 Å². The highest BCUT2D eigenvalue weighted by molar-refractivity contribution is 14.1. The van der Waals surface area contributed by atoms with E-state index in [1.165, 1.54) is 20.9 Å². The third kappa shape index (κ3) is 4.48. The van der Waals surface area contributed by atoms with Crippen LogP contribution in [-0.2, 0) is 11.8 Å². The average molecular weight is 440 g/mol. The summed E-state index contributed by atoms with van der Waals surface area (Å²) in [7, 11) is 0.924. The molecule has 1 unspecified atom stereocenters. The molecule has 0 N–H and O–H groups in total. The number of para-hydroxylation sites is 1. The molecule has 0 saturated carbocycles. The average Bonchev–Trinajstić information content (AvgIpc) is 2.59. The number of benzene rings is 2. The van der Waals surface area contributed by atoms with Crippen LogP contribution < -0.4 is 4.74 Å². The van der Waals surface area contributed by atoms with Crippen molar-refractivity contribution in [3.05, 3.63) is 65.2 Å². The number of alkyl halides is 1. The van der Waals surface area contributed by atoms with E-state index in [-0.39, 0.29) is 5.16 Å². The Morgan fingerprint density at radius 3 is 2.30 bits per heavy atom. The molecule has 0 fully saturated rings. The van der Waals surface area contributed by atoms with Crippen molar-refractivity contribution >= 4 is 31.2 Å². The predicted molar refractivity (Wildman–Crippen MR) is 111 cm³/mol. The number of rotatable bonds is 8. The van der Waals surface area contributed by atoms with E-state index in [4.69, 9.17) is 4.74 Å². The van der Waals surface area contributed by atoms with Gasteiger partial charge in [0.05, 0.1) is 0 Å². The summed E-state index contributed by atoms with van der Waals surface area (Å²) in [6, 6.07) is 17.0. The van der Waals surface area contributed by atoms with Crippen LogP contribution in [0.4, 0.5) is 0 Å². The molecule has 124 valence electrons. The largest absolute Gasteiger partial charge is 0.488 e. The van der Waals surface area contributed by atoms with E-state index in [0.29, 0.717) is 6.61 Å². The van der Waals surface area contributed by atoms with E-state index in [0.717, 1.165) is 27.2 Å². The highest BCUT2D eigenvalue weighted by atomic mass is 127. The lowest BCUT2D eigenvalue weighted by Crippen LogP contribution is -2.20. The maximum absolute atomic E-state index is 6.31. The molecule has 0 aliphatic rings. The van der Waals surface area contributed by atoms with Gasteiger partial charge in [-0.05, 0) is 30.9 Å². The SMILES string of the molecule is CCC(CC)(PCI)c1cccc(C)c1OCc1ccccc1. The van der Waals surface area contributed by atoms with Crippen LogP contribution in [0.1, 0.15) is 43.4 Å². The Labute approximate surface area is 156 Å². The number of aryl methyl sites for hydroxylation is 1. The minimum atomic E-state index is 0.249. The molecule has 0 radical (unpaired) electrons. The quantitative estimate of drug-likeness (QED) is 0.253. The third-order valence-corrected chi connectivity index (χ3v) is 7.50. The Hall–Kier alpha value is -0.600. The molecule has 0 spiro atoms. The van der Waals surface area contributed by atoms with Crippen LogP contribution in [0.25, 0.3) is 0 Å². The van der Waals surface area contributed by atoms with Crippen molar-refractivity contribution < 1.29 is 4.74 Å². The lowest BCUT2D eigenvalue weighted by Gasteiger charge is -2.34.